The highest BCUT2D eigenvalue weighted by Gasteiger charge is 2.20. The van der Waals surface area contributed by atoms with Crippen molar-refractivity contribution in [2.75, 3.05) is 0 Å². The van der Waals surface area contributed by atoms with E-state index in [0.717, 1.165) is 17.9 Å². The van der Waals surface area contributed by atoms with E-state index in [1.54, 1.807) is 6.26 Å². The standard InChI is InChI=1S/C16H18FNO2/c17-16-6-3-12(9-18-14-4-5-14)8-13(16)10-19-11-15-2-1-7-20-15/h1-3,6-8,14,18H,4-5,9-11H2. The van der Waals surface area contributed by atoms with Crippen LogP contribution in [0.15, 0.2) is 41.0 Å². The second-order valence-electron chi connectivity index (χ2n) is 5.15. The van der Waals surface area contributed by atoms with Crippen LogP contribution in [0.5, 0.6) is 0 Å². The van der Waals surface area contributed by atoms with Gasteiger partial charge in [-0.3, -0.25) is 0 Å². The van der Waals surface area contributed by atoms with Crippen molar-refractivity contribution in [3.8, 4) is 0 Å². The SMILES string of the molecule is Fc1ccc(CNC2CC2)cc1COCc1ccco1. The molecule has 0 amide bonds. The maximum Gasteiger partial charge on any atom is 0.129 e. The molecular formula is C16H18FNO2. The van der Waals surface area contributed by atoms with E-state index >= 15 is 0 Å². The van der Waals surface area contributed by atoms with Crippen molar-refractivity contribution in [1.29, 1.82) is 0 Å². The highest BCUT2D eigenvalue weighted by atomic mass is 19.1. The van der Waals surface area contributed by atoms with Crippen LogP contribution < -0.4 is 5.32 Å². The van der Waals surface area contributed by atoms with Gasteiger partial charge in [0.05, 0.1) is 12.9 Å². The number of rotatable bonds is 7. The van der Waals surface area contributed by atoms with E-state index in [0.29, 0.717) is 18.2 Å². The van der Waals surface area contributed by atoms with E-state index in [-0.39, 0.29) is 12.4 Å². The zero-order chi connectivity index (χ0) is 13.8. The lowest BCUT2D eigenvalue weighted by Crippen LogP contribution is -2.15. The Morgan fingerprint density at radius 3 is 2.90 bits per heavy atom. The lowest BCUT2D eigenvalue weighted by molar-refractivity contribution is 0.0908. The molecule has 0 saturated heterocycles. The van der Waals surface area contributed by atoms with Crippen molar-refractivity contribution in [2.24, 2.45) is 0 Å². The Morgan fingerprint density at radius 2 is 2.15 bits per heavy atom. The van der Waals surface area contributed by atoms with Crippen molar-refractivity contribution in [3.63, 3.8) is 0 Å². The van der Waals surface area contributed by atoms with Crippen molar-refractivity contribution in [2.45, 2.75) is 38.6 Å². The topological polar surface area (TPSA) is 34.4 Å². The number of hydrogen-bond donors (Lipinski definition) is 1. The Balaban J connectivity index is 1.54. The smallest absolute Gasteiger partial charge is 0.129 e. The van der Waals surface area contributed by atoms with E-state index in [2.05, 4.69) is 5.32 Å². The van der Waals surface area contributed by atoms with Gasteiger partial charge in [0.2, 0.25) is 0 Å². The molecule has 106 valence electrons. The number of hydrogen-bond acceptors (Lipinski definition) is 3. The summed E-state index contributed by atoms with van der Waals surface area (Å²) < 4.78 is 24.4. The maximum atomic E-state index is 13.7. The molecule has 2 aromatic rings. The first kappa shape index (κ1) is 13.3. The van der Waals surface area contributed by atoms with Crippen LogP contribution in [-0.2, 0) is 24.5 Å². The quantitative estimate of drug-likeness (QED) is 0.841. The molecule has 0 bridgehead atoms. The molecule has 1 heterocycles. The molecule has 1 N–H and O–H groups in total. The van der Waals surface area contributed by atoms with E-state index in [1.165, 1.54) is 18.9 Å². The van der Waals surface area contributed by atoms with Crippen LogP contribution in [0, 0.1) is 5.82 Å². The lowest BCUT2D eigenvalue weighted by atomic mass is 10.1. The molecule has 4 heteroatoms. The second-order valence-corrected chi connectivity index (χ2v) is 5.15. The molecule has 0 unspecified atom stereocenters. The van der Waals surface area contributed by atoms with Gasteiger partial charge in [-0.25, -0.2) is 4.39 Å². The average Bonchev–Trinajstić information content (AvgIpc) is 3.14. The Hall–Kier alpha value is -1.65. The molecule has 0 aliphatic heterocycles. The van der Waals surface area contributed by atoms with E-state index < -0.39 is 0 Å². The third-order valence-corrected chi connectivity index (χ3v) is 3.36. The molecule has 1 aliphatic rings. The van der Waals surface area contributed by atoms with Crippen LogP contribution >= 0.6 is 0 Å². The van der Waals surface area contributed by atoms with Gasteiger partial charge in [-0.15, -0.1) is 0 Å². The summed E-state index contributed by atoms with van der Waals surface area (Å²) in [5, 5.41) is 3.42. The first-order valence-corrected chi connectivity index (χ1v) is 6.92. The van der Waals surface area contributed by atoms with Gasteiger partial charge < -0.3 is 14.5 Å². The molecule has 0 radical (unpaired) electrons. The largest absolute Gasteiger partial charge is 0.467 e. The van der Waals surface area contributed by atoms with Gasteiger partial charge in [0.15, 0.2) is 0 Å². The summed E-state index contributed by atoms with van der Waals surface area (Å²) in [6, 6.07) is 9.50. The van der Waals surface area contributed by atoms with Crippen LogP contribution in [0.1, 0.15) is 29.7 Å². The third kappa shape index (κ3) is 3.68. The van der Waals surface area contributed by atoms with Crippen molar-refractivity contribution in [3.05, 3.63) is 59.3 Å². The lowest BCUT2D eigenvalue weighted by Gasteiger charge is -2.08. The van der Waals surface area contributed by atoms with Gasteiger partial charge in [0.25, 0.3) is 0 Å². The Morgan fingerprint density at radius 1 is 1.25 bits per heavy atom. The van der Waals surface area contributed by atoms with Gasteiger partial charge in [0.1, 0.15) is 18.2 Å². The number of ether oxygens (including phenoxy) is 1. The van der Waals surface area contributed by atoms with Crippen LogP contribution in [0.4, 0.5) is 4.39 Å². The monoisotopic (exact) mass is 275 g/mol. The number of furan rings is 1. The maximum absolute atomic E-state index is 13.7. The molecule has 1 aliphatic carbocycles. The predicted molar refractivity (Wildman–Crippen MR) is 73.5 cm³/mol. The summed E-state index contributed by atoms with van der Waals surface area (Å²) in [4.78, 5) is 0. The summed E-state index contributed by atoms with van der Waals surface area (Å²) in [6.45, 7) is 1.40. The van der Waals surface area contributed by atoms with Gasteiger partial charge in [-0.05, 0) is 42.7 Å². The van der Waals surface area contributed by atoms with Crippen LogP contribution in [0.25, 0.3) is 0 Å². The summed E-state index contributed by atoms with van der Waals surface area (Å²) in [5.41, 5.74) is 1.68. The first-order valence-electron chi connectivity index (χ1n) is 6.92. The summed E-state index contributed by atoms with van der Waals surface area (Å²) >= 11 is 0. The van der Waals surface area contributed by atoms with E-state index in [9.17, 15) is 4.39 Å². The molecule has 1 fully saturated rings. The van der Waals surface area contributed by atoms with Crippen molar-refractivity contribution in [1.82, 2.24) is 5.32 Å². The minimum Gasteiger partial charge on any atom is -0.467 e. The molecule has 1 aromatic heterocycles. The zero-order valence-electron chi connectivity index (χ0n) is 11.3. The summed E-state index contributed by atoms with van der Waals surface area (Å²) in [7, 11) is 0. The Bertz CT molecular complexity index is 550. The van der Waals surface area contributed by atoms with Gasteiger partial charge in [0, 0.05) is 18.2 Å². The number of nitrogens with one attached hydrogen (secondary N) is 1. The fourth-order valence-corrected chi connectivity index (χ4v) is 2.05. The summed E-state index contributed by atoms with van der Waals surface area (Å²) in [5.74, 6) is 0.525. The fraction of sp³-hybridized carbons (Fsp3) is 0.375. The Labute approximate surface area is 117 Å². The zero-order valence-corrected chi connectivity index (χ0v) is 11.3. The van der Waals surface area contributed by atoms with Gasteiger partial charge in [-0.1, -0.05) is 6.07 Å². The molecular weight excluding hydrogens is 257 g/mol. The van der Waals surface area contributed by atoms with E-state index in [4.69, 9.17) is 9.15 Å². The van der Waals surface area contributed by atoms with Gasteiger partial charge >= 0.3 is 0 Å². The molecule has 3 rings (SSSR count). The molecule has 1 saturated carbocycles. The molecule has 0 spiro atoms. The molecule has 20 heavy (non-hydrogen) atoms. The van der Waals surface area contributed by atoms with Crippen LogP contribution in [0.3, 0.4) is 0 Å². The number of halogens is 1. The predicted octanol–water partition coefficient (Wildman–Crippen LogP) is 3.39. The Kier molecular flexibility index (Phi) is 4.14. The number of benzene rings is 1. The molecule has 0 atom stereocenters. The minimum atomic E-state index is -0.223. The minimum absolute atomic E-state index is 0.223. The molecule has 3 nitrogen and oxygen atoms in total. The highest BCUT2D eigenvalue weighted by molar-refractivity contribution is 5.24. The van der Waals surface area contributed by atoms with Gasteiger partial charge in [-0.2, -0.15) is 0 Å². The van der Waals surface area contributed by atoms with Crippen LogP contribution in [-0.4, -0.2) is 6.04 Å². The normalized spacial score (nSPS) is 14.7. The van der Waals surface area contributed by atoms with Crippen molar-refractivity contribution >= 4 is 0 Å². The first-order chi connectivity index (χ1) is 9.81. The summed E-state index contributed by atoms with van der Waals surface area (Å²) in [6.07, 6.45) is 4.10. The average molecular weight is 275 g/mol. The third-order valence-electron chi connectivity index (χ3n) is 3.36. The highest BCUT2D eigenvalue weighted by Crippen LogP contribution is 2.20. The van der Waals surface area contributed by atoms with Crippen molar-refractivity contribution < 1.29 is 13.5 Å². The van der Waals surface area contributed by atoms with Crippen LogP contribution in [0.2, 0.25) is 0 Å². The fourth-order valence-electron chi connectivity index (χ4n) is 2.05. The molecule has 1 aromatic carbocycles. The second kappa shape index (κ2) is 6.20. The van der Waals surface area contributed by atoms with E-state index in [1.807, 2.05) is 24.3 Å².